The fourth-order valence-corrected chi connectivity index (χ4v) is 3.50. The van der Waals surface area contributed by atoms with E-state index >= 15 is 0 Å². The average molecular weight is 342 g/mol. The van der Waals surface area contributed by atoms with Gasteiger partial charge in [0.1, 0.15) is 11.7 Å². The quantitative estimate of drug-likeness (QED) is 0.925. The van der Waals surface area contributed by atoms with E-state index in [1.165, 1.54) is 11.8 Å². The number of para-hydroxylation sites is 1. The highest BCUT2D eigenvalue weighted by Crippen LogP contribution is 2.42. The van der Waals surface area contributed by atoms with E-state index in [0.29, 0.717) is 18.8 Å². The third-order valence-electron chi connectivity index (χ3n) is 4.71. The highest BCUT2D eigenvalue weighted by atomic mass is 16.5. The summed E-state index contributed by atoms with van der Waals surface area (Å²) in [4.78, 5) is 14.1. The smallest absolute Gasteiger partial charge is 0.276 e. The van der Waals surface area contributed by atoms with Gasteiger partial charge in [0, 0.05) is 37.9 Å². The number of fused-ring (bicyclic) bond motifs is 1. The molecule has 0 radical (unpaired) electrons. The molecule has 1 amide bonds. The van der Waals surface area contributed by atoms with Crippen molar-refractivity contribution < 1.29 is 14.3 Å². The summed E-state index contributed by atoms with van der Waals surface area (Å²) >= 11 is 0. The molecule has 2 aromatic rings. The fourth-order valence-electron chi connectivity index (χ4n) is 3.50. The van der Waals surface area contributed by atoms with Crippen molar-refractivity contribution in [3.05, 3.63) is 35.7 Å². The van der Waals surface area contributed by atoms with E-state index in [4.69, 9.17) is 9.47 Å². The van der Waals surface area contributed by atoms with Crippen LogP contribution in [0.15, 0.2) is 24.4 Å². The summed E-state index contributed by atoms with van der Waals surface area (Å²) in [5.41, 5.74) is 1.37. The van der Waals surface area contributed by atoms with Crippen LogP contribution >= 0.6 is 0 Å². The molecule has 1 N–H and O–H groups in total. The topological polar surface area (TPSA) is 80.3 Å². The van der Waals surface area contributed by atoms with E-state index < -0.39 is 0 Å². The number of piperidine rings is 1. The van der Waals surface area contributed by atoms with Crippen molar-refractivity contribution in [1.82, 2.24) is 20.3 Å². The largest absolute Gasteiger partial charge is 0.486 e. The first-order valence-corrected chi connectivity index (χ1v) is 8.64. The molecule has 1 fully saturated rings. The van der Waals surface area contributed by atoms with Crippen molar-refractivity contribution in [2.75, 3.05) is 13.1 Å². The number of aromatic amines is 1. The molecule has 25 heavy (non-hydrogen) atoms. The Balaban J connectivity index is 1.39. The second kappa shape index (κ2) is 6.06. The molecule has 0 bridgehead atoms. The highest BCUT2D eigenvalue weighted by Gasteiger charge is 2.33. The molecule has 132 valence electrons. The average Bonchev–Trinajstić information content (AvgIpc) is 3.22. The van der Waals surface area contributed by atoms with E-state index in [0.717, 1.165) is 30.8 Å². The molecule has 7 heteroatoms. The van der Waals surface area contributed by atoms with Gasteiger partial charge in [-0.2, -0.15) is 15.4 Å². The van der Waals surface area contributed by atoms with Gasteiger partial charge < -0.3 is 14.4 Å². The Bertz CT molecular complexity index is 765. The first-order chi connectivity index (χ1) is 12.0. The van der Waals surface area contributed by atoms with E-state index in [1.54, 1.807) is 4.90 Å². The van der Waals surface area contributed by atoms with Crippen LogP contribution in [0.4, 0.5) is 0 Å². The van der Waals surface area contributed by atoms with E-state index in [9.17, 15) is 4.79 Å². The molecule has 0 unspecified atom stereocenters. The number of rotatable bonds is 3. The number of hydrogen-bond donors (Lipinski definition) is 1. The predicted molar refractivity (Wildman–Crippen MR) is 90.8 cm³/mol. The van der Waals surface area contributed by atoms with Crippen LogP contribution in [0.2, 0.25) is 0 Å². The van der Waals surface area contributed by atoms with Gasteiger partial charge in [-0.1, -0.05) is 12.1 Å². The van der Waals surface area contributed by atoms with Crippen LogP contribution in [0.25, 0.3) is 0 Å². The molecule has 2 aliphatic rings. The number of carbonyl (C=O) groups is 1. The maximum Gasteiger partial charge on any atom is 0.276 e. The molecule has 4 rings (SSSR count). The van der Waals surface area contributed by atoms with Crippen LogP contribution in [0.3, 0.4) is 0 Å². The normalized spacial score (nSPS) is 19.4. The second-order valence-corrected chi connectivity index (χ2v) is 7.25. The molecule has 3 heterocycles. The summed E-state index contributed by atoms with van der Waals surface area (Å²) in [6.45, 7) is 5.48. The lowest BCUT2D eigenvalue weighted by atomic mass is 10.0. The number of hydrogen-bond acceptors (Lipinski definition) is 5. The Morgan fingerprint density at radius 3 is 2.88 bits per heavy atom. The fraction of sp³-hybridized carbons (Fsp3) is 0.500. The molecule has 2 aliphatic heterocycles. The third-order valence-corrected chi connectivity index (χ3v) is 4.71. The number of ether oxygens (including phenoxy) is 2. The summed E-state index contributed by atoms with van der Waals surface area (Å²) in [5.74, 6) is 1.59. The van der Waals surface area contributed by atoms with Crippen molar-refractivity contribution in [1.29, 1.82) is 0 Å². The summed E-state index contributed by atoms with van der Waals surface area (Å²) in [6.07, 6.45) is 4.01. The summed E-state index contributed by atoms with van der Waals surface area (Å²) in [5, 5.41) is 10.0. The van der Waals surface area contributed by atoms with Crippen molar-refractivity contribution in [2.45, 2.75) is 44.8 Å². The van der Waals surface area contributed by atoms with Gasteiger partial charge in [0.2, 0.25) is 0 Å². The lowest BCUT2D eigenvalue weighted by molar-refractivity contribution is 0.0573. The molecule has 1 aromatic carbocycles. The SMILES string of the molecule is CC1(C)Cc2cccc(OC3CCN(C(=O)c4cn[nH]n4)CC3)c2O1. The number of H-pyrrole nitrogens is 1. The number of amides is 1. The lowest BCUT2D eigenvalue weighted by Gasteiger charge is -2.32. The number of carbonyl (C=O) groups excluding carboxylic acids is 1. The standard InChI is InChI=1S/C18H22N4O3/c1-18(2)10-12-4-3-5-15(16(12)25-18)24-13-6-8-22(9-7-13)17(23)14-11-19-21-20-14/h3-5,11,13H,6-10H2,1-2H3,(H,19,20,21). The van der Waals surface area contributed by atoms with Crippen LogP contribution in [0.5, 0.6) is 11.5 Å². The molecule has 0 saturated carbocycles. The van der Waals surface area contributed by atoms with Crippen molar-refractivity contribution >= 4 is 5.91 Å². The Morgan fingerprint density at radius 2 is 2.16 bits per heavy atom. The van der Waals surface area contributed by atoms with Crippen LogP contribution in [-0.4, -0.2) is 51.0 Å². The van der Waals surface area contributed by atoms with Gasteiger partial charge in [-0.3, -0.25) is 4.79 Å². The maximum atomic E-state index is 12.3. The molecule has 0 aliphatic carbocycles. The van der Waals surface area contributed by atoms with Gasteiger partial charge >= 0.3 is 0 Å². The Kier molecular flexibility index (Phi) is 3.86. The van der Waals surface area contributed by atoms with Gasteiger partial charge in [0.15, 0.2) is 17.2 Å². The molecule has 1 saturated heterocycles. The number of likely N-dealkylation sites (tertiary alicyclic amines) is 1. The Labute approximate surface area is 146 Å². The summed E-state index contributed by atoms with van der Waals surface area (Å²) in [6, 6.07) is 6.07. The molecular weight excluding hydrogens is 320 g/mol. The van der Waals surface area contributed by atoms with Crippen LogP contribution < -0.4 is 9.47 Å². The first kappa shape index (κ1) is 15.9. The van der Waals surface area contributed by atoms with Crippen molar-refractivity contribution in [3.63, 3.8) is 0 Å². The van der Waals surface area contributed by atoms with Gasteiger partial charge in [-0.15, -0.1) is 0 Å². The van der Waals surface area contributed by atoms with Gasteiger partial charge in [-0.25, -0.2) is 0 Å². The lowest BCUT2D eigenvalue weighted by Crippen LogP contribution is -2.42. The van der Waals surface area contributed by atoms with Crippen molar-refractivity contribution in [3.8, 4) is 11.5 Å². The van der Waals surface area contributed by atoms with Gasteiger partial charge in [0.25, 0.3) is 5.91 Å². The molecule has 0 spiro atoms. The maximum absolute atomic E-state index is 12.3. The zero-order chi connectivity index (χ0) is 17.4. The number of aromatic nitrogens is 3. The zero-order valence-corrected chi connectivity index (χ0v) is 14.5. The number of benzene rings is 1. The van der Waals surface area contributed by atoms with Gasteiger partial charge in [-0.05, 0) is 19.9 Å². The zero-order valence-electron chi connectivity index (χ0n) is 14.5. The van der Waals surface area contributed by atoms with E-state index in [-0.39, 0.29) is 17.6 Å². The Morgan fingerprint density at radius 1 is 1.36 bits per heavy atom. The third kappa shape index (κ3) is 3.18. The number of nitrogens with one attached hydrogen (secondary N) is 1. The minimum absolute atomic E-state index is 0.0835. The van der Waals surface area contributed by atoms with Crippen LogP contribution in [0, 0.1) is 0 Å². The molecule has 0 atom stereocenters. The molecule has 7 nitrogen and oxygen atoms in total. The Hall–Kier alpha value is -2.57. The van der Waals surface area contributed by atoms with Crippen LogP contribution in [0.1, 0.15) is 42.7 Å². The first-order valence-electron chi connectivity index (χ1n) is 8.64. The van der Waals surface area contributed by atoms with Crippen molar-refractivity contribution in [2.24, 2.45) is 0 Å². The summed E-state index contributed by atoms with van der Waals surface area (Å²) < 4.78 is 12.3. The van der Waals surface area contributed by atoms with E-state index in [1.807, 2.05) is 12.1 Å². The number of nitrogens with zero attached hydrogens (tertiary/aromatic N) is 3. The monoisotopic (exact) mass is 342 g/mol. The molecular formula is C18H22N4O3. The van der Waals surface area contributed by atoms with Gasteiger partial charge in [0.05, 0.1) is 6.20 Å². The minimum Gasteiger partial charge on any atom is -0.486 e. The predicted octanol–water partition coefficient (Wildman–Crippen LogP) is 2.20. The highest BCUT2D eigenvalue weighted by molar-refractivity contribution is 5.91. The summed E-state index contributed by atoms with van der Waals surface area (Å²) in [7, 11) is 0. The van der Waals surface area contributed by atoms with E-state index in [2.05, 4.69) is 35.3 Å². The van der Waals surface area contributed by atoms with Crippen LogP contribution in [-0.2, 0) is 6.42 Å². The second-order valence-electron chi connectivity index (χ2n) is 7.25. The molecule has 1 aromatic heterocycles. The minimum atomic E-state index is -0.185.